The molecule has 0 amide bonds. The summed E-state index contributed by atoms with van der Waals surface area (Å²) in [6.07, 6.45) is 9.61. The van der Waals surface area contributed by atoms with E-state index in [0.717, 1.165) is 29.7 Å². The molecule has 2 heteroatoms. The van der Waals surface area contributed by atoms with E-state index in [2.05, 4.69) is 35.8 Å². The van der Waals surface area contributed by atoms with Crippen LogP contribution < -0.4 is 5.32 Å². The minimum absolute atomic E-state index is 0.754. The molecule has 0 aromatic heterocycles. The number of rotatable bonds is 3. The Hall–Kier alpha value is -0.630. The van der Waals surface area contributed by atoms with Crippen LogP contribution in [-0.4, -0.2) is 12.3 Å². The average molecular weight is 273 g/mol. The molecular formula is C17H23NS. The minimum Gasteiger partial charge on any atom is -0.382 e. The molecule has 5 unspecified atom stereocenters. The molecule has 19 heavy (non-hydrogen) atoms. The SMILES string of the molecule is CSc1ccc(NC2CC3CC2C2CCCC32)cc1. The third-order valence-electron chi connectivity index (χ3n) is 5.87. The largest absolute Gasteiger partial charge is 0.382 e. The van der Waals surface area contributed by atoms with Gasteiger partial charge in [0.1, 0.15) is 0 Å². The standard InChI is InChI=1S/C17H23NS/c1-19-13-7-5-12(6-8-13)18-17-10-11-9-16(17)15-4-2-3-14(11)15/h5-8,11,14-18H,2-4,9-10H2,1H3. The molecule has 0 saturated heterocycles. The summed E-state index contributed by atoms with van der Waals surface area (Å²) in [6.45, 7) is 0. The van der Waals surface area contributed by atoms with Crippen LogP contribution in [0.3, 0.4) is 0 Å². The van der Waals surface area contributed by atoms with Crippen LogP contribution in [0.15, 0.2) is 29.2 Å². The van der Waals surface area contributed by atoms with Crippen molar-refractivity contribution in [2.45, 2.75) is 43.0 Å². The average Bonchev–Trinajstić information content (AvgIpc) is 3.11. The van der Waals surface area contributed by atoms with Gasteiger partial charge in [-0.3, -0.25) is 0 Å². The van der Waals surface area contributed by atoms with Crippen molar-refractivity contribution in [3.05, 3.63) is 24.3 Å². The smallest absolute Gasteiger partial charge is 0.0343 e. The van der Waals surface area contributed by atoms with Gasteiger partial charge >= 0.3 is 0 Å². The molecule has 1 N–H and O–H groups in total. The van der Waals surface area contributed by atoms with Crippen molar-refractivity contribution in [3.8, 4) is 0 Å². The zero-order valence-electron chi connectivity index (χ0n) is 11.6. The van der Waals surface area contributed by atoms with Crippen LogP contribution in [0.4, 0.5) is 5.69 Å². The lowest BCUT2D eigenvalue weighted by atomic mass is 9.79. The van der Waals surface area contributed by atoms with E-state index in [1.807, 2.05) is 11.8 Å². The van der Waals surface area contributed by atoms with E-state index in [1.165, 1.54) is 42.7 Å². The van der Waals surface area contributed by atoms with Gasteiger partial charge in [0.2, 0.25) is 0 Å². The first-order chi connectivity index (χ1) is 9.35. The van der Waals surface area contributed by atoms with E-state index in [9.17, 15) is 0 Å². The first kappa shape index (κ1) is 12.1. The van der Waals surface area contributed by atoms with E-state index in [4.69, 9.17) is 0 Å². The lowest BCUT2D eigenvalue weighted by Gasteiger charge is -2.32. The number of thioether (sulfide) groups is 1. The van der Waals surface area contributed by atoms with E-state index in [1.54, 1.807) is 0 Å². The topological polar surface area (TPSA) is 12.0 Å². The van der Waals surface area contributed by atoms with Gasteiger partial charge in [0.05, 0.1) is 0 Å². The molecule has 102 valence electrons. The van der Waals surface area contributed by atoms with Crippen LogP contribution in [0.25, 0.3) is 0 Å². The Kier molecular flexibility index (Phi) is 3.02. The highest BCUT2D eigenvalue weighted by Gasteiger charge is 2.53. The van der Waals surface area contributed by atoms with Gasteiger partial charge in [-0.25, -0.2) is 0 Å². The summed E-state index contributed by atoms with van der Waals surface area (Å²) in [7, 11) is 0. The van der Waals surface area contributed by atoms with E-state index in [-0.39, 0.29) is 0 Å². The number of hydrogen-bond acceptors (Lipinski definition) is 2. The third kappa shape index (κ3) is 1.99. The highest BCUT2D eigenvalue weighted by atomic mass is 32.2. The van der Waals surface area contributed by atoms with Crippen LogP contribution in [-0.2, 0) is 0 Å². The number of anilines is 1. The second-order valence-corrected chi connectivity index (χ2v) is 7.51. The van der Waals surface area contributed by atoms with Crippen LogP contribution in [0.5, 0.6) is 0 Å². The molecule has 3 saturated carbocycles. The molecule has 4 rings (SSSR count). The molecule has 0 radical (unpaired) electrons. The quantitative estimate of drug-likeness (QED) is 0.805. The predicted molar refractivity (Wildman–Crippen MR) is 82.7 cm³/mol. The Balaban J connectivity index is 1.46. The van der Waals surface area contributed by atoms with Crippen molar-refractivity contribution in [3.63, 3.8) is 0 Å². The minimum atomic E-state index is 0.754. The van der Waals surface area contributed by atoms with E-state index < -0.39 is 0 Å². The van der Waals surface area contributed by atoms with E-state index in [0.29, 0.717) is 0 Å². The summed E-state index contributed by atoms with van der Waals surface area (Å²) in [5, 5.41) is 3.83. The fourth-order valence-corrected chi connectivity index (χ4v) is 5.54. The summed E-state index contributed by atoms with van der Waals surface area (Å²) >= 11 is 1.82. The van der Waals surface area contributed by atoms with Crippen molar-refractivity contribution >= 4 is 17.4 Å². The Bertz CT molecular complexity index is 455. The molecule has 3 aliphatic carbocycles. The van der Waals surface area contributed by atoms with Gasteiger partial charge in [-0.05, 0) is 79.9 Å². The molecule has 5 atom stereocenters. The van der Waals surface area contributed by atoms with E-state index >= 15 is 0 Å². The molecule has 0 aliphatic heterocycles. The Labute approximate surface area is 120 Å². The number of nitrogens with one attached hydrogen (secondary N) is 1. The molecular weight excluding hydrogens is 250 g/mol. The second-order valence-electron chi connectivity index (χ2n) is 6.63. The highest BCUT2D eigenvalue weighted by molar-refractivity contribution is 7.98. The molecule has 2 bridgehead atoms. The number of hydrogen-bond donors (Lipinski definition) is 1. The van der Waals surface area contributed by atoms with Crippen LogP contribution in [0.2, 0.25) is 0 Å². The van der Waals surface area contributed by atoms with Gasteiger partial charge in [-0.1, -0.05) is 6.42 Å². The normalized spacial score (nSPS) is 39.5. The second kappa shape index (κ2) is 4.73. The Morgan fingerprint density at radius 1 is 1.00 bits per heavy atom. The lowest BCUT2D eigenvalue weighted by Crippen LogP contribution is -2.33. The molecule has 0 heterocycles. The Morgan fingerprint density at radius 3 is 2.58 bits per heavy atom. The zero-order chi connectivity index (χ0) is 12.8. The van der Waals surface area contributed by atoms with Crippen molar-refractivity contribution in [1.82, 2.24) is 0 Å². The maximum absolute atomic E-state index is 3.83. The molecule has 3 aliphatic rings. The maximum atomic E-state index is 3.83. The molecule has 1 nitrogen and oxygen atoms in total. The third-order valence-corrected chi connectivity index (χ3v) is 6.61. The van der Waals surface area contributed by atoms with Gasteiger partial charge in [0.15, 0.2) is 0 Å². The summed E-state index contributed by atoms with van der Waals surface area (Å²) < 4.78 is 0. The number of benzene rings is 1. The van der Waals surface area contributed by atoms with Crippen molar-refractivity contribution < 1.29 is 0 Å². The fraction of sp³-hybridized carbons (Fsp3) is 0.647. The molecule has 1 aromatic rings. The van der Waals surface area contributed by atoms with Gasteiger partial charge in [0.25, 0.3) is 0 Å². The monoisotopic (exact) mass is 273 g/mol. The van der Waals surface area contributed by atoms with Gasteiger partial charge in [0, 0.05) is 16.6 Å². The lowest BCUT2D eigenvalue weighted by molar-refractivity contribution is 0.243. The molecule has 3 fully saturated rings. The first-order valence-electron chi connectivity index (χ1n) is 7.76. The van der Waals surface area contributed by atoms with Gasteiger partial charge < -0.3 is 5.32 Å². The summed E-state index contributed by atoms with van der Waals surface area (Å²) in [5.74, 6) is 4.17. The predicted octanol–water partition coefficient (Wildman–Crippen LogP) is 4.65. The summed E-state index contributed by atoms with van der Waals surface area (Å²) in [5.41, 5.74) is 1.32. The molecule has 0 spiro atoms. The molecule has 1 aromatic carbocycles. The van der Waals surface area contributed by atoms with Gasteiger partial charge in [-0.15, -0.1) is 11.8 Å². The van der Waals surface area contributed by atoms with Crippen molar-refractivity contribution in [2.24, 2.45) is 23.7 Å². The number of fused-ring (bicyclic) bond motifs is 5. The van der Waals surface area contributed by atoms with Crippen LogP contribution in [0, 0.1) is 23.7 Å². The summed E-state index contributed by atoms with van der Waals surface area (Å²) in [4.78, 5) is 1.36. The van der Waals surface area contributed by atoms with Crippen molar-refractivity contribution in [1.29, 1.82) is 0 Å². The first-order valence-corrected chi connectivity index (χ1v) is 8.98. The van der Waals surface area contributed by atoms with Crippen molar-refractivity contribution in [2.75, 3.05) is 11.6 Å². The van der Waals surface area contributed by atoms with Gasteiger partial charge in [-0.2, -0.15) is 0 Å². The Morgan fingerprint density at radius 2 is 1.79 bits per heavy atom. The fourth-order valence-electron chi connectivity index (χ4n) is 5.14. The maximum Gasteiger partial charge on any atom is 0.0343 e. The van der Waals surface area contributed by atoms with Crippen LogP contribution in [0.1, 0.15) is 32.1 Å². The summed E-state index contributed by atoms with van der Waals surface area (Å²) in [6, 6.07) is 9.73. The zero-order valence-corrected chi connectivity index (χ0v) is 12.5. The van der Waals surface area contributed by atoms with Crippen LogP contribution >= 0.6 is 11.8 Å². The highest BCUT2D eigenvalue weighted by Crippen LogP contribution is 2.59.